The van der Waals surface area contributed by atoms with Gasteiger partial charge < -0.3 is 14.8 Å². The molecule has 0 spiro atoms. The van der Waals surface area contributed by atoms with Crippen LogP contribution in [0.5, 0.6) is 11.5 Å². The number of hydrogen-bond donors (Lipinski definition) is 1. The summed E-state index contributed by atoms with van der Waals surface area (Å²) in [5.41, 5.74) is 0.760. The molecule has 0 saturated carbocycles. The molecule has 0 unspecified atom stereocenters. The van der Waals surface area contributed by atoms with E-state index in [1.54, 1.807) is 12.1 Å². The minimum atomic E-state index is -0.503. The van der Waals surface area contributed by atoms with Gasteiger partial charge in [0.05, 0.1) is 23.6 Å². The van der Waals surface area contributed by atoms with Gasteiger partial charge in [-0.25, -0.2) is 0 Å². The number of non-ortho nitro benzene ring substituents is 1. The summed E-state index contributed by atoms with van der Waals surface area (Å²) in [6.07, 6.45) is 0. The Kier molecular flexibility index (Phi) is 5.17. The van der Waals surface area contributed by atoms with Gasteiger partial charge in [-0.05, 0) is 40.2 Å². The molecule has 1 N–H and O–H groups in total. The number of hydrogen-bond acceptors (Lipinski definition) is 5. The van der Waals surface area contributed by atoms with E-state index in [0.717, 1.165) is 0 Å². The first-order valence-electron chi connectivity index (χ1n) is 6.43. The third kappa shape index (κ3) is 3.78. The van der Waals surface area contributed by atoms with E-state index in [-0.39, 0.29) is 11.6 Å². The minimum absolute atomic E-state index is 0.0446. The molecular formula is C15H13BrN2O5. The van der Waals surface area contributed by atoms with Crippen molar-refractivity contribution >= 4 is 33.2 Å². The fraction of sp³-hybridized carbons (Fsp3) is 0.133. The van der Waals surface area contributed by atoms with Gasteiger partial charge in [-0.15, -0.1) is 0 Å². The lowest BCUT2D eigenvalue weighted by molar-refractivity contribution is -0.384. The number of halogens is 1. The largest absolute Gasteiger partial charge is 0.493 e. The summed E-state index contributed by atoms with van der Waals surface area (Å²) in [7, 11) is 2.97. The fourth-order valence-corrected chi connectivity index (χ4v) is 2.52. The SMILES string of the molecule is COc1cc(C(=O)Nc2ccc([N+](=O)[O-])cc2)cc(Br)c1OC. The van der Waals surface area contributed by atoms with Crippen LogP contribution in [0.25, 0.3) is 0 Å². The highest BCUT2D eigenvalue weighted by Gasteiger charge is 2.15. The van der Waals surface area contributed by atoms with Gasteiger partial charge in [-0.1, -0.05) is 0 Å². The average Bonchev–Trinajstić information content (AvgIpc) is 2.54. The Morgan fingerprint density at radius 3 is 2.35 bits per heavy atom. The third-order valence-electron chi connectivity index (χ3n) is 3.03. The Balaban J connectivity index is 2.23. The molecule has 0 heterocycles. The first-order valence-corrected chi connectivity index (χ1v) is 7.23. The van der Waals surface area contributed by atoms with E-state index in [9.17, 15) is 14.9 Å². The second-order valence-corrected chi connectivity index (χ2v) is 5.31. The average molecular weight is 381 g/mol. The number of nitro groups is 1. The molecule has 2 aromatic rings. The van der Waals surface area contributed by atoms with Crippen molar-refractivity contribution in [3.8, 4) is 11.5 Å². The van der Waals surface area contributed by atoms with Crippen LogP contribution in [-0.2, 0) is 0 Å². The number of benzene rings is 2. The van der Waals surface area contributed by atoms with Crippen LogP contribution in [0.3, 0.4) is 0 Å². The second kappa shape index (κ2) is 7.10. The molecule has 0 aliphatic rings. The topological polar surface area (TPSA) is 90.7 Å². The van der Waals surface area contributed by atoms with Crippen LogP contribution in [0.4, 0.5) is 11.4 Å². The lowest BCUT2D eigenvalue weighted by Crippen LogP contribution is -2.12. The minimum Gasteiger partial charge on any atom is -0.493 e. The molecule has 0 bridgehead atoms. The van der Waals surface area contributed by atoms with E-state index >= 15 is 0 Å². The fourth-order valence-electron chi connectivity index (χ4n) is 1.92. The smallest absolute Gasteiger partial charge is 0.269 e. The molecule has 23 heavy (non-hydrogen) atoms. The lowest BCUT2D eigenvalue weighted by Gasteiger charge is -2.12. The van der Waals surface area contributed by atoms with Gasteiger partial charge in [0.25, 0.3) is 11.6 Å². The van der Waals surface area contributed by atoms with Crippen molar-refractivity contribution in [3.63, 3.8) is 0 Å². The molecule has 0 atom stereocenters. The van der Waals surface area contributed by atoms with Gasteiger partial charge in [-0.2, -0.15) is 0 Å². The molecule has 2 aromatic carbocycles. The molecule has 8 heteroatoms. The predicted molar refractivity (Wildman–Crippen MR) is 88.3 cm³/mol. The number of nitro benzene ring substituents is 1. The van der Waals surface area contributed by atoms with E-state index in [4.69, 9.17) is 9.47 Å². The Labute approximate surface area is 140 Å². The Morgan fingerprint density at radius 1 is 1.17 bits per heavy atom. The van der Waals surface area contributed by atoms with Crippen molar-refractivity contribution in [2.24, 2.45) is 0 Å². The van der Waals surface area contributed by atoms with Gasteiger partial charge in [0.1, 0.15) is 0 Å². The highest BCUT2D eigenvalue weighted by molar-refractivity contribution is 9.10. The Morgan fingerprint density at radius 2 is 1.83 bits per heavy atom. The van der Waals surface area contributed by atoms with Crippen molar-refractivity contribution in [3.05, 3.63) is 56.5 Å². The van der Waals surface area contributed by atoms with Crippen molar-refractivity contribution in [2.75, 3.05) is 19.5 Å². The zero-order valence-electron chi connectivity index (χ0n) is 12.3. The molecule has 0 aromatic heterocycles. The highest BCUT2D eigenvalue weighted by Crippen LogP contribution is 2.36. The summed E-state index contributed by atoms with van der Waals surface area (Å²) in [4.78, 5) is 22.4. The number of amides is 1. The summed E-state index contributed by atoms with van der Waals surface area (Å²) >= 11 is 3.32. The van der Waals surface area contributed by atoms with Crippen molar-refractivity contribution in [1.82, 2.24) is 0 Å². The summed E-state index contributed by atoms with van der Waals surface area (Å²) in [6.45, 7) is 0. The molecule has 0 aliphatic carbocycles. The molecule has 7 nitrogen and oxygen atoms in total. The molecule has 120 valence electrons. The first kappa shape index (κ1) is 16.8. The van der Waals surface area contributed by atoms with Crippen LogP contribution < -0.4 is 14.8 Å². The van der Waals surface area contributed by atoms with E-state index in [1.807, 2.05) is 0 Å². The number of nitrogens with one attached hydrogen (secondary N) is 1. The highest BCUT2D eigenvalue weighted by atomic mass is 79.9. The predicted octanol–water partition coefficient (Wildman–Crippen LogP) is 3.63. The van der Waals surface area contributed by atoms with Crippen LogP contribution >= 0.6 is 15.9 Å². The summed E-state index contributed by atoms with van der Waals surface area (Å²) in [5.74, 6) is 0.524. The summed E-state index contributed by atoms with van der Waals surface area (Å²) in [5, 5.41) is 13.3. The molecule has 0 radical (unpaired) electrons. The molecule has 0 saturated heterocycles. The number of carbonyl (C=O) groups excluding carboxylic acids is 1. The van der Waals surface area contributed by atoms with Gasteiger partial charge >= 0.3 is 0 Å². The number of rotatable bonds is 5. The summed E-state index contributed by atoms with van der Waals surface area (Å²) in [6, 6.07) is 8.71. The van der Waals surface area contributed by atoms with E-state index in [0.29, 0.717) is 27.2 Å². The van der Waals surface area contributed by atoms with Gasteiger partial charge in [0, 0.05) is 23.4 Å². The van der Waals surface area contributed by atoms with Crippen molar-refractivity contribution in [2.45, 2.75) is 0 Å². The van der Waals surface area contributed by atoms with Crippen LogP contribution in [0.2, 0.25) is 0 Å². The monoisotopic (exact) mass is 380 g/mol. The Hall–Kier alpha value is -2.61. The van der Waals surface area contributed by atoms with E-state index in [1.165, 1.54) is 38.5 Å². The third-order valence-corrected chi connectivity index (χ3v) is 3.62. The molecular weight excluding hydrogens is 368 g/mol. The molecule has 1 amide bonds. The number of anilines is 1. The molecule has 0 aliphatic heterocycles. The number of ether oxygens (including phenoxy) is 2. The van der Waals surface area contributed by atoms with Crippen molar-refractivity contribution in [1.29, 1.82) is 0 Å². The zero-order chi connectivity index (χ0) is 17.0. The quantitative estimate of drug-likeness (QED) is 0.631. The van der Waals surface area contributed by atoms with Gasteiger partial charge in [0.2, 0.25) is 0 Å². The van der Waals surface area contributed by atoms with Crippen LogP contribution in [0, 0.1) is 10.1 Å². The molecule has 2 rings (SSSR count). The Bertz CT molecular complexity index is 746. The zero-order valence-corrected chi connectivity index (χ0v) is 13.9. The van der Waals surface area contributed by atoms with Crippen molar-refractivity contribution < 1.29 is 19.2 Å². The maximum Gasteiger partial charge on any atom is 0.269 e. The number of carbonyl (C=O) groups is 1. The van der Waals surface area contributed by atoms with E-state index in [2.05, 4.69) is 21.2 Å². The van der Waals surface area contributed by atoms with Crippen LogP contribution in [-0.4, -0.2) is 25.1 Å². The van der Waals surface area contributed by atoms with E-state index < -0.39 is 4.92 Å². The number of nitrogens with zero attached hydrogens (tertiary/aromatic N) is 1. The normalized spacial score (nSPS) is 10.0. The maximum absolute atomic E-state index is 12.3. The summed E-state index contributed by atoms with van der Waals surface area (Å²) < 4.78 is 11.0. The first-order chi connectivity index (χ1) is 11.0. The van der Waals surface area contributed by atoms with Crippen LogP contribution in [0.1, 0.15) is 10.4 Å². The second-order valence-electron chi connectivity index (χ2n) is 4.45. The number of methoxy groups -OCH3 is 2. The van der Waals surface area contributed by atoms with Gasteiger partial charge in [-0.3, -0.25) is 14.9 Å². The standard InChI is InChI=1S/C15H13BrN2O5/c1-22-13-8-9(7-12(16)14(13)23-2)15(19)17-10-3-5-11(6-4-10)18(20)21/h3-8H,1-2H3,(H,17,19). The van der Waals surface area contributed by atoms with Gasteiger partial charge in [0.15, 0.2) is 11.5 Å². The molecule has 0 fully saturated rings. The lowest BCUT2D eigenvalue weighted by atomic mass is 10.1. The maximum atomic E-state index is 12.3. The van der Waals surface area contributed by atoms with Crippen LogP contribution in [0.15, 0.2) is 40.9 Å².